The lowest BCUT2D eigenvalue weighted by Crippen LogP contribution is -2.01. The molecule has 1 aliphatic rings. The molecule has 1 fully saturated rings. The van der Waals surface area contributed by atoms with E-state index >= 15 is 0 Å². The zero-order valence-electron chi connectivity index (χ0n) is 14.0. The van der Waals surface area contributed by atoms with Crippen LogP contribution >= 0.6 is 23.1 Å². The molecular formula is C18H13N5O2S2. The highest BCUT2D eigenvalue weighted by Crippen LogP contribution is 2.42. The van der Waals surface area contributed by atoms with Crippen molar-refractivity contribution in [1.29, 1.82) is 0 Å². The van der Waals surface area contributed by atoms with Gasteiger partial charge >= 0.3 is 0 Å². The smallest absolute Gasteiger partial charge is 0.270 e. The maximum absolute atomic E-state index is 11.0. The standard InChI is InChI=1S/C18H13N5O2S2/c24-23(25)13-8-9-14-15(10-13)26-18(19-14)27-17-21-20-16(11-6-7-11)22(17)12-4-2-1-3-5-12/h1-5,8-11H,6-7H2. The molecule has 4 aromatic rings. The number of nitro benzene ring substituents is 1. The second-order valence-electron chi connectivity index (χ2n) is 6.28. The predicted molar refractivity (Wildman–Crippen MR) is 104 cm³/mol. The van der Waals surface area contributed by atoms with Crippen molar-refractivity contribution in [2.75, 3.05) is 0 Å². The highest BCUT2D eigenvalue weighted by Gasteiger charge is 2.31. The van der Waals surface area contributed by atoms with E-state index < -0.39 is 0 Å². The summed E-state index contributed by atoms with van der Waals surface area (Å²) in [4.78, 5) is 15.2. The second-order valence-corrected chi connectivity index (χ2v) is 8.52. The molecule has 0 aliphatic heterocycles. The Morgan fingerprint density at radius 3 is 2.70 bits per heavy atom. The van der Waals surface area contributed by atoms with Gasteiger partial charge in [-0.05, 0) is 42.8 Å². The molecule has 7 nitrogen and oxygen atoms in total. The highest BCUT2D eigenvalue weighted by atomic mass is 32.2. The highest BCUT2D eigenvalue weighted by molar-refractivity contribution is 8.01. The van der Waals surface area contributed by atoms with Gasteiger partial charge in [0, 0.05) is 23.7 Å². The average molecular weight is 395 g/mol. The molecule has 5 rings (SSSR count). The first-order chi connectivity index (χ1) is 13.2. The second kappa shape index (κ2) is 6.43. The summed E-state index contributed by atoms with van der Waals surface area (Å²) in [6.45, 7) is 0. The van der Waals surface area contributed by atoms with Crippen LogP contribution in [0.5, 0.6) is 0 Å². The van der Waals surface area contributed by atoms with E-state index in [1.807, 2.05) is 30.3 Å². The Morgan fingerprint density at radius 1 is 1.15 bits per heavy atom. The number of hydrogen-bond donors (Lipinski definition) is 0. The van der Waals surface area contributed by atoms with Crippen molar-refractivity contribution >= 4 is 39.0 Å². The number of aromatic nitrogens is 4. The Bertz CT molecular complexity index is 1150. The van der Waals surface area contributed by atoms with Crippen LogP contribution in [0.3, 0.4) is 0 Å². The van der Waals surface area contributed by atoms with E-state index in [1.54, 1.807) is 12.1 Å². The number of hydrogen-bond acceptors (Lipinski definition) is 7. The lowest BCUT2D eigenvalue weighted by molar-refractivity contribution is -0.384. The maximum Gasteiger partial charge on any atom is 0.270 e. The third-order valence-electron chi connectivity index (χ3n) is 4.36. The predicted octanol–water partition coefficient (Wildman–Crippen LogP) is 4.81. The molecule has 2 aromatic heterocycles. The van der Waals surface area contributed by atoms with Gasteiger partial charge in [0.15, 0.2) is 4.34 Å². The fourth-order valence-electron chi connectivity index (χ4n) is 2.90. The monoisotopic (exact) mass is 395 g/mol. The van der Waals surface area contributed by atoms with Crippen molar-refractivity contribution < 1.29 is 4.92 Å². The SMILES string of the molecule is O=[N+]([O-])c1ccc2nc(Sc3nnc(C4CC4)n3-c3ccccc3)sc2c1. The lowest BCUT2D eigenvalue weighted by atomic mass is 10.3. The van der Waals surface area contributed by atoms with Gasteiger partial charge in [0.05, 0.1) is 15.1 Å². The lowest BCUT2D eigenvalue weighted by Gasteiger charge is -2.08. The topological polar surface area (TPSA) is 86.7 Å². The van der Waals surface area contributed by atoms with E-state index in [2.05, 4.69) is 19.7 Å². The summed E-state index contributed by atoms with van der Waals surface area (Å²) in [5.74, 6) is 1.45. The van der Waals surface area contributed by atoms with E-state index in [-0.39, 0.29) is 10.6 Å². The van der Waals surface area contributed by atoms with Crippen LogP contribution in [0, 0.1) is 10.1 Å². The van der Waals surface area contributed by atoms with Crippen LogP contribution in [-0.2, 0) is 0 Å². The molecule has 9 heteroatoms. The third-order valence-corrected chi connectivity index (χ3v) is 6.38. The normalized spacial score (nSPS) is 13.9. The Morgan fingerprint density at radius 2 is 1.96 bits per heavy atom. The van der Waals surface area contributed by atoms with Crippen LogP contribution in [-0.4, -0.2) is 24.7 Å². The number of para-hydroxylation sites is 1. The molecule has 1 saturated carbocycles. The Hall–Kier alpha value is -2.78. The van der Waals surface area contributed by atoms with E-state index in [4.69, 9.17) is 0 Å². The van der Waals surface area contributed by atoms with Crippen molar-refractivity contribution in [1.82, 2.24) is 19.7 Å². The van der Waals surface area contributed by atoms with Gasteiger partial charge in [-0.15, -0.1) is 21.5 Å². The molecule has 0 bridgehead atoms. The van der Waals surface area contributed by atoms with Gasteiger partial charge in [0.2, 0.25) is 5.16 Å². The Kier molecular flexibility index (Phi) is 3.91. The first-order valence-corrected chi connectivity index (χ1v) is 10.1. The fraction of sp³-hybridized carbons (Fsp3) is 0.167. The number of fused-ring (bicyclic) bond motifs is 1. The Labute approximate surface area is 162 Å². The summed E-state index contributed by atoms with van der Waals surface area (Å²) >= 11 is 2.87. The molecule has 0 spiro atoms. The largest absolute Gasteiger partial charge is 0.273 e. The van der Waals surface area contributed by atoms with Crippen molar-refractivity contribution in [3.63, 3.8) is 0 Å². The van der Waals surface area contributed by atoms with Gasteiger partial charge in [-0.3, -0.25) is 14.7 Å². The molecule has 0 radical (unpaired) electrons. The Balaban J connectivity index is 1.54. The van der Waals surface area contributed by atoms with E-state index in [0.717, 1.165) is 44.1 Å². The van der Waals surface area contributed by atoms with Gasteiger partial charge in [-0.2, -0.15) is 0 Å². The molecule has 2 heterocycles. The van der Waals surface area contributed by atoms with Crippen LogP contribution in [0.1, 0.15) is 24.6 Å². The molecule has 1 aliphatic carbocycles. The molecule has 27 heavy (non-hydrogen) atoms. The van der Waals surface area contributed by atoms with Gasteiger partial charge in [-0.25, -0.2) is 4.98 Å². The maximum atomic E-state index is 11.0. The van der Waals surface area contributed by atoms with Crippen LogP contribution < -0.4 is 0 Å². The van der Waals surface area contributed by atoms with Crippen LogP contribution in [0.4, 0.5) is 5.69 Å². The minimum absolute atomic E-state index is 0.0752. The van der Waals surface area contributed by atoms with Crippen molar-refractivity contribution in [2.45, 2.75) is 28.3 Å². The van der Waals surface area contributed by atoms with Crippen molar-refractivity contribution in [3.05, 3.63) is 64.5 Å². The molecule has 0 N–H and O–H groups in total. The molecular weight excluding hydrogens is 382 g/mol. The zero-order chi connectivity index (χ0) is 18.4. The molecule has 0 saturated heterocycles. The number of non-ortho nitro benzene ring substituents is 1. The summed E-state index contributed by atoms with van der Waals surface area (Å²) in [7, 11) is 0. The first kappa shape index (κ1) is 16.4. The number of nitrogens with zero attached hydrogens (tertiary/aromatic N) is 5. The van der Waals surface area contributed by atoms with Gasteiger partial charge in [0.1, 0.15) is 5.82 Å². The summed E-state index contributed by atoms with van der Waals surface area (Å²) in [6.07, 6.45) is 2.28. The minimum atomic E-state index is -0.389. The van der Waals surface area contributed by atoms with E-state index in [9.17, 15) is 10.1 Å². The quantitative estimate of drug-likeness (QED) is 0.356. The summed E-state index contributed by atoms with van der Waals surface area (Å²) in [5.41, 5.74) is 1.86. The van der Waals surface area contributed by atoms with Crippen molar-refractivity contribution in [3.8, 4) is 5.69 Å². The molecule has 0 atom stereocenters. The summed E-state index contributed by atoms with van der Waals surface area (Å²) in [5, 5.41) is 20.6. The molecule has 0 unspecified atom stereocenters. The molecule has 134 valence electrons. The molecule has 2 aromatic carbocycles. The van der Waals surface area contributed by atoms with E-state index in [0.29, 0.717) is 5.92 Å². The van der Waals surface area contributed by atoms with Gasteiger partial charge < -0.3 is 0 Å². The van der Waals surface area contributed by atoms with Crippen LogP contribution in [0.25, 0.3) is 15.9 Å². The van der Waals surface area contributed by atoms with Crippen molar-refractivity contribution in [2.24, 2.45) is 0 Å². The number of rotatable bonds is 5. The first-order valence-electron chi connectivity index (χ1n) is 8.42. The number of thiazole rings is 1. The zero-order valence-corrected chi connectivity index (χ0v) is 15.6. The van der Waals surface area contributed by atoms with Gasteiger partial charge in [0.25, 0.3) is 5.69 Å². The van der Waals surface area contributed by atoms with Crippen LogP contribution in [0.2, 0.25) is 0 Å². The van der Waals surface area contributed by atoms with E-state index in [1.165, 1.54) is 29.2 Å². The number of nitro groups is 1. The third kappa shape index (κ3) is 3.08. The fourth-order valence-corrected chi connectivity index (χ4v) is 4.96. The number of benzene rings is 2. The van der Waals surface area contributed by atoms with Crippen LogP contribution in [0.15, 0.2) is 58.0 Å². The minimum Gasteiger partial charge on any atom is -0.273 e. The van der Waals surface area contributed by atoms with Gasteiger partial charge in [-0.1, -0.05) is 18.2 Å². The average Bonchev–Trinajstić information content (AvgIpc) is 3.31. The molecule has 0 amide bonds. The summed E-state index contributed by atoms with van der Waals surface area (Å²) < 4.78 is 3.67. The summed E-state index contributed by atoms with van der Waals surface area (Å²) in [6, 6.07) is 14.8.